The number of ether oxygens (including phenoxy) is 1. The van der Waals surface area contributed by atoms with E-state index in [-0.39, 0.29) is 11.4 Å². The van der Waals surface area contributed by atoms with Crippen molar-refractivity contribution in [2.45, 2.75) is 6.92 Å². The zero-order chi connectivity index (χ0) is 19.2. The van der Waals surface area contributed by atoms with Crippen molar-refractivity contribution in [3.05, 3.63) is 64.3 Å². The highest BCUT2D eigenvalue weighted by molar-refractivity contribution is 9.10. The van der Waals surface area contributed by atoms with Crippen LogP contribution in [-0.4, -0.2) is 34.0 Å². The zero-order valence-electron chi connectivity index (χ0n) is 14.4. The molecule has 3 N–H and O–H groups in total. The van der Waals surface area contributed by atoms with Gasteiger partial charge in [0.2, 0.25) is 0 Å². The number of nitrogens with zero attached hydrogens (tertiary/aromatic N) is 2. The summed E-state index contributed by atoms with van der Waals surface area (Å²) in [5, 5.41) is 20.8. The maximum atomic E-state index is 12.2. The van der Waals surface area contributed by atoms with Crippen LogP contribution in [0.15, 0.2) is 58.1 Å². The van der Waals surface area contributed by atoms with E-state index in [9.17, 15) is 9.90 Å². The SMILES string of the molecule is CCOc1cccc(/C=N\NC(=O)c2cc(-c3ccc(Br)cc3)n[nH]2)c1O. The quantitative estimate of drug-likeness (QED) is 0.411. The Bertz CT molecular complexity index is 967. The van der Waals surface area contributed by atoms with Crippen molar-refractivity contribution < 1.29 is 14.6 Å². The number of aromatic amines is 1. The number of hydrogen-bond acceptors (Lipinski definition) is 5. The minimum Gasteiger partial charge on any atom is -0.504 e. The highest BCUT2D eigenvalue weighted by atomic mass is 79.9. The van der Waals surface area contributed by atoms with Gasteiger partial charge in [0.15, 0.2) is 11.5 Å². The first-order valence-electron chi connectivity index (χ1n) is 8.18. The number of para-hydroxylation sites is 1. The predicted molar refractivity (Wildman–Crippen MR) is 106 cm³/mol. The molecule has 0 spiro atoms. The van der Waals surface area contributed by atoms with E-state index in [1.807, 2.05) is 31.2 Å². The molecular formula is C19H17BrN4O3. The van der Waals surface area contributed by atoms with Crippen molar-refractivity contribution in [2.75, 3.05) is 6.61 Å². The van der Waals surface area contributed by atoms with Gasteiger partial charge >= 0.3 is 0 Å². The fourth-order valence-corrected chi connectivity index (χ4v) is 2.61. The number of H-pyrrole nitrogens is 1. The van der Waals surface area contributed by atoms with Gasteiger partial charge in [-0.25, -0.2) is 5.43 Å². The summed E-state index contributed by atoms with van der Waals surface area (Å²) in [7, 11) is 0. The Morgan fingerprint density at radius 1 is 1.33 bits per heavy atom. The Morgan fingerprint density at radius 3 is 2.85 bits per heavy atom. The third-order valence-electron chi connectivity index (χ3n) is 3.66. The highest BCUT2D eigenvalue weighted by Gasteiger charge is 2.11. The Labute approximate surface area is 164 Å². The number of hydrogen-bond donors (Lipinski definition) is 3. The van der Waals surface area contributed by atoms with Gasteiger partial charge in [0, 0.05) is 15.6 Å². The molecule has 0 fully saturated rings. The Hall–Kier alpha value is -3.13. The molecule has 3 aromatic rings. The molecule has 0 bridgehead atoms. The van der Waals surface area contributed by atoms with E-state index in [1.165, 1.54) is 6.21 Å². The molecule has 0 atom stereocenters. The fraction of sp³-hybridized carbons (Fsp3) is 0.105. The van der Waals surface area contributed by atoms with E-state index in [0.29, 0.717) is 23.6 Å². The van der Waals surface area contributed by atoms with Gasteiger partial charge in [0.25, 0.3) is 5.91 Å². The number of rotatable bonds is 6. The summed E-state index contributed by atoms with van der Waals surface area (Å²) in [5.41, 5.74) is 4.64. The molecule has 2 aromatic carbocycles. The molecule has 0 aliphatic rings. The molecule has 0 radical (unpaired) electrons. The van der Waals surface area contributed by atoms with Crippen molar-refractivity contribution >= 4 is 28.1 Å². The average molecular weight is 429 g/mol. The van der Waals surface area contributed by atoms with Crippen molar-refractivity contribution in [2.24, 2.45) is 5.10 Å². The second kappa shape index (κ2) is 8.50. The molecule has 1 heterocycles. The van der Waals surface area contributed by atoms with E-state index in [2.05, 4.69) is 36.7 Å². The van der Waals surface area contributed by atoms with Crippen LogP contribution in [0.1, 0.15) is 23.0 Å². The largest absolute Gasteiger partial charge is 0.504 e. The molecule has 138 valence electrons. The van der Waals surface area contributed by atoms with Crippen LogP contribution in [0.25, 0.3) is 11.3 Å². The Kier molecular flexibility index (Phi) is 5.87. The summed E-state index contributed by atoms with van der Waals surface area (Å²) in [6.07, 6.45) is 1.35. The number of halogens is 1. The van der Waals surface area contributed by atoms with Gasteiger partial charge in [0.05, 0.1) is 18.5 Å². The van der Waals surface area contributed by atoms with Crippen LogP contribution in [0.3, 0.4) is 0 Å². The molecule has 27 heavy (non-hydrogen) atoms. The molecule has 0 saturated carbocycles. The lowest BCUT2D eigenvalue weighted by atomic mass is 10.1. The third-order valence-corrected chi connectivity index (χ3v) is 4.19. The minimum absolute atomic E-state index is 0.0311. The van der Waals surface area contributed by atoms with E-state index in [1.54, 1.807) is 24.3 Å². The molecule has 0 aliphatic carbocycles. The lowest BCUT2D eigenvalue weighted by molar-refractivity contribution is 0.0950. The maximum absolute atomic E-state index is 12.2. The fourth-order valence-electron chi connectivity index (χ4n) is 2.34. The number of benzene rings is 2. The number of aromatic hydroxyl groups is 1. The van der Waals surface area contributed by atoms with E-state index in [0.717, 1.165) is 10.0 Å². The number of nitrogens with one attached hydrogen (secondary N) is 2. The number of carbonyl (C=O) groups excluding carboxylic acids is 1. The first kappa shape index (κ1) is 18.7. The third kappa shape index (κ3) is 4.53. The van der Waals surface area contributed by atoms with Gasteiger partial charge in [-0.15, -0.1) is 0 Å². The summed E-state index contributed by atoms with van der Waals surface area (Å²) in [6, 6.07) is 14.3. The summed E-state index contributed by atoms with van der Waals surface area (Å²) in [4.78, 5) is 12.2. The van der Waals surface area contributed by atoms with Crippen molar-refractivity contribution in [1.29, 1.82) is 0 Å². The van der Waals surface area contributed by atoms with Crippen LogP contribution in [0.2, 0.25) is 0 Å². The zero-order valence-corrected chi connectivity index (χ0v) is 16.0. The molecule has 1 aromatic heterocycles. The van der Waals surface area contributed by atoms with Crippen LogP contribution in [-0.2, 0) is 0 Å². The van der Waals surface area contributed by atoms with Crippen LogP contribution in [0, 0.1) is 0 Å². The molecule has 0 unspecified atom stereocenters. The summed E-state index contributed by atoms with van der Waals surface area (Å²) >= 11 is 3.38. The molecule has 0 aliphatic heterocycles. The monoisotopic (exact) mass is 428 g/mol. The number of carbonyl (C=O) groups is 1. The maximum Gasteiger partial charge on any atom is 0.289 e. The molecular weight excluding hydrogens is 412 g/mol. The van der Waals surface area contributed by atoms with Crippen molar-refractivity contribution in [3.8, 4) is 22.8 Å². The van der Waals surface area contributed by atoms with E-state index >= 15 is 0 Å². The van der Waals surface area contributed by atoms with Gasteiger partial charge < -0.3 is 9.84 Å². The summed E-state index contributed by atoms with van der Waals surface area (Å²) in [6.45, 7) is 2.26. The summed E-state index contributed by atoms with van der Waals surface area (Å²) < 4.78 is 6.27. The van der Waals surface area contributed by atoms with Gasteiger partial charge in [-0.05, 0) is 37.3 Å². The van der Waals surface area contributed by atoms with Crippen LogP contribution in [0.5, 0.6) is 11.5 Å². The average Bonchev–Trinajstić information content (AvgIpc) is 3.15. The first-order chi connectivity index (χ1) is 13.1. The second-order valence-corrected chi connectivity index (χ2v) is 6.42. The standard InChI is InChI=1S/C19H17BrN4O3/c1-2-27-17-5-3-4-13(18(17)25)11-21-24-19(26)16-10-15(22-23-16)12-6-8-14(20)9-7-12/h3-11,25H,2H2,1H3,(H,22,23)(H,24,26)/b21-11-. The summed E-state index contributed by atoms with van der Waals surface area (Å²) in [5.74, 6) is -0.112. The molecule has 7 nitrogen and oxygen atoms in total. The molecule has 1 amide bonds. The van der Waals surface area contributed by atoms with E-state index < -0.39 is 5.91 Å². The Balaban J connectivity index is 1.67. The topological polar surface area (TPSA) is 99.6 Å². The molecule has 8 heteroatoms. The number of aromatic nitrogens is 2. The normalized spacial score (nSPS) is 10.9. The smallest absolute Gasteiger partial charge is 0.289 e. The van der Waals surface area contributed by atoms with Gasteiger partial charge in [0.1, 0.15) is 5.69 Å². The molecule has 0 saturated heterocycles. The second-order valence-electron chi connectivity index (χ2n) is 5.50. The lowest BCUT2D eigenvalue weighted by Crippen LogP contribution is -2.18. The van der Waals surface area contributed by atoms with Crippen LogP contribution in [0.4, 0.5) is 0 Å². The van der Waals surface area contributed by atoms with Crippen LogP contribution < -0.4 is 10.2 Å². The van der Waals surface area contributed by atoms with Gasteiger partial charge in [-0.1, -0.05) is 34.1 Å². The number of phenolic OH excluding ortho intramolecular Hbond substituents is 1. The number of phenols is 1. The van der Waals surface area contributed by atoms with Gasteiger partial charge in [-0.2, -0.15) is 10.2 Å². The minimum atomic E-state index is -0.442. The molecule has 3 rings (SSSR count). The van der Waals surface area contributed by atoms with Crippen molar-refractivity contribution in [1.82, 2.24) is 15.6 Å². The van der Waals surface area contributed by atoms with E-state index in [4.69, 9.17) is 4.74 Å². The van der Waals surface area contributed by atoms with Crippen molar-refractivity contribution in [3.63, 3.8) is 0 Å². The number of amides is 1. The van der Waals surface area contributed by atoms with Gasteiger partial charge in [-0.3, -0.25) is 9.89 Å². The highest BCUT2D eigenvalue weighted by Crippen LogP contribution is 2.28. The number of hydrazone groups is 1. The first-order valence-corrected chi connectivity index (χ1v) is 8.97. The predicted octanol–water partition coefficient (Wildman–Crippen LogP) is 3.71. The Morgan fingerprint density at radius 2 is 2.11 bits per heavy atom. The van der Waals surface area contributed by atoms with Crippen LogP contribution >= 0.6 is 15.9 Å². The lowest BCUT2D eigenvalue weighted by Gasteiger charge is -2.07.